The van der Waals surface area contributed by atoms with Crippen LogP contribution in [-0.4, -0.2) is 55.1 Å². The van der Waals surface area contributed by atoms with Gasteiger partial charge in [0.2, 0.25) is 11.8 Å². The first-order valence-electron chi connectivity index (χ1n) is 7.03. The zero-order chi connectivity index (χ0) is 14.3. The largest absolute Gasteiger partial charge is 0.377 e. The van der Waals surface area contributed by atoms with E-state index in [-0.39, 0.29) is 18.4 Å². The van der Waals surface area contributed by atoms with Crippen LogP contribution in [0.5, 0.6) is 0 Å². The van der Waals surface area contributed by atoms with E-state index in [2.05, 4.69) is 12.2 Å². The van der Waals surface area contributed by atoms with Crippen LogP contribution in [0.2, 0.25) is 0 Å². The van der Waals surface area contributed by atoms with Crippen LogP contribution in [0, 0.1) is 0 Å². The Bertz CT molecular complexity index is 310. The number of rotatable bonds is 6. The van der Waals surface area contributed by atoms with Gasteiger partial charge < -0.3 is 20.7 Å². The molecule has 1 unspecified atom stereocenters. The van der Waals surface area contributed by atoms with E-state index in [1.165, 1.54) is 0 Å². The van der Waals surface area contributed by atoms with Crippen molar-refractivity contribution in [3.8, 4) is 0 Å². The fraction of sp³-hybridized carbons (Fsp3) is 0.846. The fourth-order valence-electron chi connectivity index (χ4n) is 2.14. The minimum absolute atomic E-state index is 0.145. The van der Waals surface area contributed by atoms with Crippen molar-refractivity contribution < 1.29 is 14.3 Å². The molecule has 0 aliphatic carbocycles. The summed E-state index contributed by atoms with van der Waals surface area (Å²) in [6.07, 6.45) is 2.59. The Morgan fingerprint density at radius 3 is 2.84 bits per heavy atom. The zero-order valence-electron chi connectivity index (χ0n) is 11.9. The number of carbonyl (C=O) groups excluding carboxylic acids is 2. The minimum Gasteiger partial charge on any atom is -0.377 e. The summed E-state index contributed by atoms with van der Waals surface area (Å²) in [5, 5.41) is 2.73. The highest BCUT2D eigenvalue weighted by Crippen LogP contribution is 2.11. The summed E-state index contributed by atoms with van der Waals surface area (Å²) in [5.74, 6) is -0.314. The molecule has 6 heteroatoms. The lowest BCUT2D eigenvalue weighted by molar-refractivity contribution is -0.149. The maximum Gasteiger partial charge on any atom is 0.245 e. The summed E-state index contributed by atoms with van der Waals surface area (Å²) in [7, 11) is 0. The van der Waals surface area contributed by atoms with Gasteiger partial charge in [0.1, 0.15) is 6.04 Å². The van der Waals surface area contributed by atoms with Crippen molar-refractivity contribution in [3.63, 3.8) is 0 Å². The molecule has 0 aromatic carbocycles. The number of ether oxygens (including phenoxy) is 1. The molecule has 2 amide bonds. The van der Waals surface area contributed by atoms with E-state index < -0.39 is 12.1 Å². The molecule has 0 radical (unpaired) electrons. The number of nitrogens with two attached hydrogens (primary N) is 1. The number of morpholine rings is 1. The SMILES string of the molecule is CCCC[C@H](N)C(=O)N1CCOCC1C(=O)NCC. The van der Waals surface area contributed by atoms with Gasteiger partial charge in [-0.1, -0.05) is 19.8 Å². The van der Waals surface area contributed by atoms with Crippen LogP contribution in [0.3, 0.4) is 0 Å². The molecule has 110 valence electrons. The lowest BCUT2D eigenvalue weighted by Crippen LogP contribution is -2.59. The Morgan fingerprint density at radius 1 is 1.47 bits per heavy atom. The van der Waals surface area contributed by atoms with Gasteiger partial charge in [-0.15, -0.1) is 0 Å². The highest BCUT2D eigenvalue weighted by Gasteiger charge is 2.34. The molecule has 0 aromatic rings. The second-order valence-corrected chi connectivity index (χ2v) is 4.77. The van der Waals surface area contributed by atoms with Crippen LogP contribution in [0.4, 0.5) is 0 Å². The van der Waals surface area contributed by atoms with Gasteiger partial charge in [0.25, 0.3) is 0 Å². The van der Waals surface area contributed by atoms with Gasteiger partial charge in [0.15, 0.2) is 0 Å². The molecular formula is C13H25N3O3. The van der Waals surface area contributed by atoms with E-state index in [0.29, 0.717) is 26.1 Å². The second kappa shape index (κ2) is 8.12. The Hall–Kier alpha value is -1.14. The molecule has 0 spiro atoms. The highest BCUT2D eigenvalue weighted by atomic mass is 16.5. The molecule has 1 saturated heterocycles. The van der Waals surface area contributed by atoms with Crippen LogP contribution in [-0.2, 0) is 14.3 Å². The third-order valence-electron chi connectivity index (χ3n) is 3.25. The molecule has 0 saturated carbocycles. The van der Waals surface area contributed by atoms with E-state index >= 15 is 0 Å². The van der Waals surface area contributed by atoms with Gasteiger partial charge in [-0.2, -0.15) is 0 Å². The first kappa shape index (κ1) is 15.9. The molecule has 1 heterocycles. The van der Waals surface area contributed by atoms with Crippen molar-refractivity contribution in [2.75, 3.05) is 26.3 Å². The Labute approximate surface area is 114 Å². The molecule has 1 fully saturated rings. The number of hydrogen-bond donors (Lipinski definition) is 2. The lowest BCUT2D eigenvalue weighted by atomic mass is 10.1. The molecule has 2 atom stereocenters. The van der Waals surface area contributed by atoms with E-state index in [9.17, 15) is 9.59 Å². The fourth-order valence-corrected chi connectivity index (χ4v) is 2.14. The van der Waals surface area contributed by atoms with Gasteiger partial charge in [-0.05, 0) is 13.3 Å². The molecule has 1 aliphatic heterocycles. The first-order chi connectivity index (χ1) is 9.11. The average molecular weight is 271 g/mol. The molecule has 1 aliphatic rings. The Morgan fingerprint density at radius 2 is 2.21 bits per heavy atom. The summed E-state index contributed by atoms with van der Waals surface area (Å²) in [6.45, 7) is 5.59. The Kier molecular flexibility index (Phi) is 6.80. The molecular weight excluding hydrogens is 246 g/mol. The highest BCUT2D eigenvalue weighted by molar-refractivity contribution is 5.90. The molecule has 1 rings (SSSR count). The number of amides is 2. The minimum atomic E-state index is -0.547. The van der Waals surface area contributed by atoms with E-state index in [4.69, 9.17) is 10.5 Å². The van der Waals surface area contributed by atoms with E-state index in [0.717, 1.165) is 12.8 Å². The number of unbranched alkanes of at least 4 members (excludes halogenated alkanes) is 1. The van der Waals surface area contributed by atoms with E-state index in [1.807, 2.05) is 6.92 Å². The standard InChI is InChI=1S/C13H25N3O3/c1-3-5-6-10(14)13(18)16-7-8-19-9-11(16)12(17)15-4-2/h10-11H,3-9,14H2,1-2H3,(H,15,17)/t10-,11?/m0/s1. The van der Waals surface area contributed by atoms with Crippen molar-refractivity contribution in [1.82, 2.24) is 10.2 Å². The van der Waals surface area contributed by atoms with Gasteiger partial charge >= 0.3 is 0 Å². The third kappa shape index (κ3) is 4.47. The first-order valence-corrected chi connectivity index (χ1v) is 7.03. The maximum absolute atomic E-state index is 12.3. The summed E-state index contributed by atoms with van der Waals surface area (Å²) < 4.78 is 5.30. The third-order valence-corrected chi connectivity index (χ3v) is 3.25. The average Bonchev–Trinajstić information content (AvgIpc) is 2.44. The smallest absolute Gasteiger partial charge is 0.245 e. The normalized spacial score (nSPS) is 21.0. The van der Waals surface area contributed by atoms with Crippen molar-refractivity contribution in [3.05, 3.63) is 0 Å². The van der Waals surface area contributed by atoms with Gasteiger partial charge in [0, 0.05) is 13.1 Å². The molecule has 0 aromatic heterocycles. The monoisotopic (exact) mass is 271 g/mol. The van der Waals surface area contributed by atoms with Crippen LogP contribution in [0.15, 0.2) is 0 Å². The topological polar surface area (TPSA) is 84.7 Å². The number of nitrogens with zero attached hydrogens (tertiary/aromatic N) is 1. The predicted octanol–water partition coefficient (Wildman–Crippen LogP) is -0.133. The zero-order valence-corrected chi connectivity index (χ0v) is 11.9. The molecule has 19 heavy (non-hydrogen) atoms. The molecule has 0 bridgehead atoms. The lowest BCUT2D eigenvalue weighted by Gasteiger charge is -2.36. The number of hydrogen-bond acceptors (Lipinski definition) is 4. The Balaban J connectivity index is 2.65. The maximum atomic E-state index is 12.3. The van der Waals surface area contributed by atoms with E-state index in [1.54, 1.807) is 4.90 Å². The van der Waals surface area contributed by atoms with Gasteiger partial charge in [-0.3, -0.25) is 9.59 Å². The second-order valence-electron chi connectivity index (χ2n) is 4.77. The quantitative estimate of drug-likeness (QED) is 0.704. The summed E-state index contributed by atoms with van der Waals surface area (Å²) in [6, 6.07) is -1.07. The van der Waals surface area contributed by atoms with Crippen LogP contribution < -0.4 is 11.1 Å². The number of likely N-dealkylation sites (N-methyl/N-ethyl adjacent to an activating group) is 1. The number of carbonyl (C=O) groups is 2. The van der Waals surface area contributed by atoms with Crippen LogP contribution in [0.1, 0.15) is 33.1 Å². The van der Waals surface area contributed by atoms with Crippen molar-refractivity contribution in [2.24, 2.45) is 5.73 Å². The van der Waals surface area contributed by atoms with Crippen molar-refractivity contribution >= 4 is 11.8 Å². The van der Waals surface area contributed by atoms with Crippen LogP contribution >= 0.6 is 0 Å². The van der Waals surface area contributed by atoms with Crippen molar-refractivity contribution in [2.45, 2.75) is 45.2 Å². The van der Waals surface area contributed by atoms with Crippen LogP contribution in [0.25, 0.3) is 0 Å². The van der Waals surface area contributed by atoms with Crippen molar-refractivity contribution in [1.29, 1.82) is 0 Å². The number of nitrogens with one attached hydrogen (secondary N) is 1. The summed E-state index contributed by atoms with van der Waals surface area (Å²) in [5.41, 5.74) is 5.91. The summed E-state index contributed by atoms with van der Waals surface area (Å²) >= 11 is 0. The predicted molar refractivity (Wildman–Crippen MR) is 72.5 cm³/mol. The van der Waals surface area contributed by atoms with Gasteiger partial charge in [-0.25, -0.2) is 0 Å². The molecule has 3 N–H and O–H groups in total. The molecule has 6 nitrogen and oxygen atoms in total. The van der Waals surface area contributed by atoms with Gasteiger partial charge in [0.05, 0.1) is 19.3 Å². The summed E-state index contributed by atoms with van der Waals surface area (Å²) in [4.78, 5) is 25.8.